The first-order chi connectivity index (χ1) is 8.99. The van der Waals surface area contributed by atoms with E-state index in [0.717, 1.165) is 17.3 Å². The molecule has 0 aromatic heterocycles. The number of likely N-dealkylation sites (tertiary alicyclic amines) is 1. The SMILES string of the molecule is CN(C)C1CCN(C(=O)c2cc(Br)ccc2F)CC1. The zero-order valence-electron chi connectivity index (χ0n) is 11.2. The molecule has 0 saturated carbocycles. The van der Waals surface area contributed by atoms with Crippen molar-refractivity contribution in [2.45, 2.75) is 18.9 Å². The molecular formula is C14H18BrFN2O. The Hall–Kier alpha value is -0.940. The van der Waals surface area contributed by atoms with Crippen LogP contribution >= 0.6 is 15.9 Å². The second kappa shape index (κ2) is 6.01. The monoisotopic (exact) mass is 328 g/mol. The van der Waals surface area contributed by atoms with E-state index >= 15 is 0 Å². The zero-order valence-corrected chi connectivity index (χ0v) is 12.8. The molecule has 0 radical (unpaired) electrons. The van der Waals surface area contributed by atoms with Gasteiger partial charge < -0.3 is 9.80 Å². The van der Waals surface area contributed by atoms with Gasteiger partial charge in [0.2, 0.25) is 0 Å². The van der Waals surface area contributed by atoms with Gasteiger partial charge in [-0.1, -0.05) is 15.9 Å². The van der Waals surface area contributed by atoms with Crippen LogP contribution in [0.1, 0.15) is 23.2 Å². The highest BCUT2D eigenvalue weighted by molar-refractivity contribution is 9.10. The number of amides is 1. The summed E-state index contributed by atoms with van der Waals surface area (Å²) in [6.07, 6.45) is 1.88. The van der Waals surface area contributed by atoms with E-state index in [2.05, 4.69) is 34.9 Å². The van der Waals surface area contributed by atoms with Gasteiger partial charge in [-0.25, -0.2) is 4.39 Å². The lowest BCUT2D eigenvalue weighted by atomic mass is 10.0. The van der Waals surface area contributed by atoms with Crippen molar-refractivity contribution in [3.63, 3.8) is 0 Å². The van der Waals surface area contributed by atoms with E-state index in [1.165, 1.54) is 6.07 Å². The van der Waals surface area contributed by atoms with Crippen LogP contribution in [0.5, 0.6) is 0 Å². The fraction of sp³-hybridized carbons (Fsp3) is 0.500. The fourth-order valence-corrected chi connectivity index (χ4v) is 2.78. The number of rotatable bonds is 2. The number of hydrogen-bond acceptors (Lipinski definition) is 2. The summed E-state index contributed by atoms with van der Waals surface area (Å²) in [5.41, 5.74) is 0.151. The Balaban J connectivity index is 2.07. The molecule has 1 aliphatic heterocycles. The molecule has 1 fully saturated rings. The molecular weight excluding hydrogens is 311 g/mol. The minimum absolute atomic E-state index is 0.151. The van der Waals surface area contributed by atoms with Gasteiger partial charge in [-0.2, -0.15) is 0 Å². The minimum atomic E-state index is -0.456. The molecule has 0 spiro atoms. The van der Waals surface area contributed by atoms with E-state index in [9.17, 15) is 9.18 Å². The molecule has 2 rings (SSSR count). The topological polar surface area (TPSA) is 23.6 Å². The van der Waals surface area contributed by atoms with Crippen molar-refractivity contribution in [2.24, 2.45) is 0 Å². The van der Waals surface area contributed by atoms with Crippen molar-refractivity contribution in [1.82, 2.24) is 9.80 Å². The van der Waals surface area contributed by atoms with Crippen LogP contribution in [0.3, 0.4) is 0 Å². The number of halogens is 2. The van der Waals surface area contributed by atoms with E-state index < -0.39 is 5.82 Å². The van der Waals surface area contributed by atoms with Gasteiger partial charge in [0, 0.05) is 23.6 Å². The molecule has 0 aliphatic carbocycles. The number of benzene rings is 1. The second-order valence-electron chi connectivity index (χ2n) is 5.11. The zero-order chi connectivity index (χ0) is 14.0. The highest BCUT2D eigenvalue weighted by Gasteiger charge is 2.26. The van der Waals surface area contributed by atoms with Crippen LogP contribution in [-0.4, -0.2) is 48.9 Å². The van der Waals surface area contributed by atoms with Gasteiger partial charge in [-0.05, 0) is 45.1 Å². The van der Waals surface area contributed by atoms with Crippen molar-refractivity contribution in [3.8, 4) is 0 Å². The first-order valence-electron chi connectivity index (χ1n) is 6.40. The lowest BCUT2D eigenvalue weighted by Crippen LogP contribution is -2.44. The third kappa shape index (κ3) is 3.34. The average molecular weight is 329 g/mol. The molecule has 1 heterocycles. The average Bonchev–Trinajstić information content (AvgIpc) is 2.41. The summed E-state index contributed by atoms with van der Waals surface area (Å²) in [7, 11) is 4.10. The number of nitrogens with zero attached hydrogens (tertiary/aromatic N) is 2. The second-order valence-corrected chi connectivity index (χ2v) is 6.03. The molecule has 1 saturated heterocycles. The maximum atomic E-state index is 13.7. The Kier molecular flexibility index (Phi) is 4.58. The van der Waals surface area contributed by atoms with Gasteiger partial charge in [-0.3, -0.25) is 4.79 Å². The van der Waals surface area contributed by atoms with Gasteiger partial charge in [-0.15, -0.1) is 0 Å². The van der Waals surface area contributed by atoms with E-state index in [0.29, 0.717) is 19.1 Å². The van der Waals surface area contributed by atoms with Crippen LogP contribution in [-0.2, 0) is 0 Å². The molecule has 0 atom stereocenters. The quantitative estimate of drug-likeness (QED) is 0.833. The van der Waals surface area contributed by atoms with Gasteiger partial charge in [0.15, 0.2) is 0 Å². The van der Waals surface area contributed by atoms with Crippen molar-refractivity contribution >= 4 is 21.8 Å². The van der Waals surface area contributed by atoms with E-state index in [1.807, 2.05) is 0 Å². The lowest BCUT2D eigenvalue weighted by Gasteiger charge is -2.35. The van der Waals surface area contributed by atoms with Crippen molar-refractivity contribution in [3.05, 3.63) is 34.1 Å². The van der Waals surface area contributed by atoms with Crippen molar-refractivity contribution in [1.29, 1.82) is 0 Å². The molecule has 3 nitrogen and oxygen atoms in total. The minimum Gasteiger partial charge on any atom is -0.338 e. The molecule has 1 aromatic rings. The van der Waals surface area contributed by atoms with Crippen LogP contribution in [0.25, 0.3) is 0 Å². The molecule has 1 amide bonds. The van der Waals surface area contributed by atoms with E-state index in [1.54, 1.807) is 17.0 Å². The number of carbonyl (C=O) groups excluding carboxylic acids is 1. The van der Waals surface area contributed by atoms with Crippen LogP contribution in [0.15, 0.2) is 22.7 Å². The Bertz CT molecular complexity index is 471. The normalized spacial score (nSPS) is 17.0. The summed E-state index contributed by atoms with van der Waals surface area (Å²) in [5.74, 6) is -0.668. The Morgan fingerprint density at radius 3 is 2.58 bits per heavy atom. The standard InChI is InChI=1S/C14H18BrFN2O/c1-17(2)11-5-7-18(8-6-11)14(19)12-9-10(15)3-4-13(12)16/h3-4,9,11H,5-8H2,1-2H3. The molecule has 1 aromatic carbocycles. The molecule has 104 valence electrons. The molecule has 0 N–H and O–H groups in total. The number of piperidine rings is 1. The third-order valence-electron chi connectivity index (χ3n) is 3.64. The summed E-state index contributed by atoms with van der Waals surface area (Å²) in [6.45, 7) is 1.38. The van der Waals surface area contributed by atoms with E-state index in [-0.39, 0.29) is 11.5 Å². The Morgan fingerprint density at radius 2 is 2.00 bits per heavy atom. The fourth-order valence-electron chi connectivity index (χ4n) is 2.42. The van der Waals surface area contributed by atoms with Crippen LogP contribution in [0.4, 0.5) is 4.39 Å². The summed E-state index contributed by atoms with van der Waals surface area (Å²) in [5, 5.41) is 0. The van der Waals surface area contributed by atoms with Crippen LogP contribution < -0.4 is 0 Å². The van der Waals surface area contributed by atoms with Crippen molar-refractivity contribution < 1.29 is 9.18 Å². The smallest absolute Gasteiger partial charge is 0.256 e. The summed E-state index contributed by atoms with van der Waals surface area (Å²) >= 11 is 3.27. The van der Waals surface area contributed by atoms with Crippen LogP contribution in [0.2, 0.25) is 0 Å². The molecule has 0 unspecified atom stereocenters. The maximum Gasteiger partial charge on any atom is 0.256 e. The first-order valence-corrected chi connectivity index (χ1v) is 7.19. The predicted octanol–water partition coefficient (Wildman–Crippen LogP) is 2.75. The third-order valence-corrected chi connectivity index (χ3v) is 4.13. The molecule has 19 heavy (non-hydrogen) atoms. The highest BCUT2D eigenvalue weighted by Crippen LogP contribution is 2.20. The number of hydrogen-bond donors (Lipinski definition) is 0. The summed E-state index contributed by atoms with van der Waals surface area (Å²) in [6, 6.07) is 4.99. The predicted molar refractivity (Wildman–Crippen MR) is 76.7 cm³/mol. The van der Waals surface area contributed by atoms with Crippen LogP contribution in [0, 0.1) is 5.82 Å². The van der Waals surface area contributed by atoms with Crippen molar-refractivity contribution in [2.75, 3.05) is 27.2 Å². The number of carbonyl (C=O) groups is 1. The van der Waals surface area contributed by atoms with Gasteiger partial charge in [0.25, 0.3) is 5.91 Å². The van der Waals surface area contributed by atoms with Gasteiger partial charge in [0.1, 0.15) is 5.82 Å². The maximum absolute atomic E-state index is 13.7. The van der Waals surface area contributed by atoms with E-state index in [4.69, 9.17) is 0 Å². The lowest BCUT2D eigenvalue weighted by molar-refractivity contribution is 0.0658. The largest absolute Gasteiger partial charge is 0.338 e. The van der Waals surface area contributed by atoms with Gasteiger partial charge in [0.05, 0.1) is 5.56 Å². The molecule has 0 bridgehead atoms. The molecule has 5 heteroatoms. The Labute approximate surface area is 121 Å². The first kappa shape index (κ1) is 14.5. The Morgan fingerprint density at radius 1 is 1.37 bits per heavy atom. The highest BCUT2D eigenvalue weighted by atomic mass is 79.9. The summed E-state index contributed by atoms with van der Waals surface area (Å²) < 4.78 is 14.4. The summed E-state index contributed by atoms with van der Waals surface area (Å²) in [4.78, 5) is 16.2. The molecule has 1 aliphatic rings. The van der Waals surface area contributed by atoms with Gasteiger partial charge >= 0.3 is 0 Å².